The van der Waals surface area contributed by atoms with Crippen LogP contribution in [0.4, 0.5) is 22.1 Å². The molecule has 0 bridgehead atoms. The molecule has 53 heavy (non-hydrogen) atoms. The number of hydrogen-bond acceptors (Lipinski definition) is 12. The van der Waals surface area contributed by atoms with Crippen LogP contribution in [-0.2, 0) is 39.8 Å². The van der Waals surface area contributed by atoms with Crippen LogP contribution in [0.3, 0.4) is 0 Å². The maximum Gasteiger partial charge on any atom is 0.309 e. The Hall–Kier alpha value is -4.70. The molecule has 1 fully saturated rings. The molecular formula is C39H47N5O8S. The molecule has 4 rings (SSSR count). The largest absolute Gasteiger partial charge is 0.481 e. The summed E-state index contributed by atoms with van der Waals surface area (Å²) < 4.78 is 27.8. The summed E-state index contributed by atoms with van der Waals surface area (Å²) in [5.74, 6) is -2.63. The van der Waals surface area contributed by atoms with Crippen LogP contribution in [0.1, 0.15) is 47.3 Å². The lowest BCUT2D eigenvalue weighted by atomic mass is 9.79. The van der Waals surface area contributed by atoms with Gasteiger partial charge in [-0.05, 0) is 61.6 Å². The number of anilines is 1. The normalized spacial score (nSPS) is 15.5. The summed E-state index contributed by atoms with van der Waals surface area (Å²) >= 11 is 1.17. The van der Waals surface area contributed by atoms with Crippen LogP contribution < -0.4 is 4.90 Å². The molecular weight excluding hydrogens is 699 g/mol. The number of carboxylic acid groups (broad SMARTS) is 1. The van der Waals surface area contributed by atoms with Crippen LogP contribution in [0.2, 0.25) is 0 Å². The van der Waals surface area contributed by atoms with Crippen LogP contribution >= 0.6 is 11.3 Å². The fourth-order valence-electron chi connectivity index (χ4n) is 5.90. The highest BCUT2D eigenvalue weighted by molar-refractivity contribution is 7.17. The first kappa shape index (κ1) is 41.1. The number of carboxylic acids is 1. The third-order valence-electron chi connectivity index (χ3n) is 8.80. The van der Waals surface area contributed by atoms with Gasteiger partial charge in [-0.3, -0.25) is 9.59 Å². The maximum atomic E-state index is 12.3. The molecule has 1 heterocycles. The molecule has 14 heteroatoms. The van der Waals surface area contributed by atoms with Crippen LogP contribution in [0.25, 0.3) is 4.85 Å². The first-order valence-corrected chi connectivity index (χ1v) is 18.6. The van der Waals surface area contributed by atoms with Gasteiger partial charge in [0.1, 0.15) is 17.7 Å². The number of aliphatic carboxylic acids is 1. The highest BCUT2D eigenvalue weighted by Gasteiger charge is 2.36. The number of nitrogens with zero attached hydrogens (tertiary/aromatic N) is 5. The van der Waals surface area contributed by atoms with E-state index in [1.807, 2.05) is 37.3 Å². The van der Waals surface area contributed by atoms with E-state index < -0.39 is 23.8 Å². The van der Waals surface area contributed by atoms with Crippen LogP contribution in [0, 0.1) is 43.6 Å². The van der Waals surface area contributed by atoms with E-state index in [9.17, 15) is 20.0 Å². The van der Waals surface area contributed by atoms with Crippen molar-refractivity contribution in [2.45, 2.75) is 46.1 Å². The fraction of sp³-hybridized carbons (Fsp3) is 0.487. The van der Waals surface area contributed by atoms with Gasteiger partial charge in [0.05, 0.1) is 81.8 Å². The van der Waals surface area contributed by atoms with E-state index in [1.54, 1.807) is 6.92 Å². The number of aryl methyl sites for hydroxylation is 1. The molecule has 2 aromatic carbocycles. The Labute approximate surface area is 314 Å². The molecule has 2 atom stereocenters. The molecule has 0 radical (unpaired) electrons. The molecule has 0 spiro atoms. The van der Waals surface area contributed by atoms with Gasteiger partial charge in [0.2, 0.25) is 5.69 Å². The van der Waals surface area contributed by atoms with E-state index in [1.165, 1.54) is 16.9 Å². The topological polar surface area (TPSA) is 157 Å². The highest BCUT2D eigenvalue weighted by Crippen LogP contribution is 2.42. The third-order valence-corrected chi connectivity index (χ3v) is 9.87. The molecule has 1 saturated carbocycles. The van der Waals surface area contributed by atoms with Crippen molar-refractivity contribution in [1.82, 2.24) is 0 Å². The minimum absolute atomic E-state index is 0.0855. The second-order valence-corrected chi connectivity index (χ2v) is 13.5. The molecule has 1 aliphatic rings. The first-order valence-electron chi connectivity index (χ1n) is 17.7. The monoisotopic (exact) mass is 745 g/mol. The predicted molar refractivity (Wildman–Crippen MR) is 200 cm³/mol. The molecule has 2 unspecified atom stereocenters. The van der Waals surface area contributed by atoms with Crippen LogP contribution in [-0.4, -0.2) is 83.1 Å². The van der Waals surface area contributed by atoms with Gasteiger partial charge >= 0.3 is 11.9 Å². The number of ether oxygens (including phenoxy) is 5. The molecule has 282 valence electrons. The number of thiophene rings is 1. The Morgan fingerprint density at radius 1 is 0.906 bits per heavy atom. The maximum absolute atomic E-state index is 12.3. The Bertz CT molecular complexity index is 1740. The Morgan fingerprint density at radius 3 is 2.13 bits per heavy atom. The van der Waals surface area contributed by atoms with Crippen molar-refractivity contribution in [3.63, 3.8) is 0 Å². The van der Waals surface area contributed by atoms with Crippen LogP contribution in [0.15, 0.2) is 58.8 Å². The summed E-state index contributed by atoms with van der Waals surface area (Å²) in [4.78, 5) is 29.9. The number of rotatable bonds is 22. The van der Waals surface area contributed by atoms with Crippen molar-refractivity contribution in [2.24, 2.45) is 22.1 Å². The predicted octanol–water partition coefficient (Wildman–Crippen LogP) is 7.71. The van der Waals surface area contributed by atoms with Gasteiger partial charge in [-0.25, -0.2) is 4.85 Å². The van der Waals surface area contributed by atoms with Crippen molar-refractivity contribution in [3.05, 3.63) is 81.5 Å². The van der Waals surface area contributed by atoms with E-state index in [0.29, 0.717) is 99.0 Å². The smallest absolute Gasteiger partial charge is 0.309 e. The Balaban J connectivity index is 1.11. The molecule has 1 aliphatic carbocycles. The zero-order valence-corrected chi connectivity index (χ0v) is 31.1. The zero-order valence-electron chi connectivity index (χ0n) is 30.3. The van der Waals surface area contributed by atoms with Crippen molar-refractivity contribution in [3.8, 4) is 6.07 Å². The van der Waals surface area contributed by atoms with E-state index in [4.69, 9.17) is 30.3 Å². The van der Waals surface area contributed by atoms with Crippen LogP contribution in [0.5, 0.6) is 0 Å². The van der Waals surface area contributed by atoms with Gasteiger partial charge < -0.3 is 33.7 Å². The second kappa shape index (κ2) is 22.4. The van der Waals surface area contributed by atoms with E-state index in [-0.39, 0.29) is 13.2 Å². The van der Waals surface area contributed by atoms with Gasteiger partial charge in [0.15, 0.2) is 0 Å². The van der Waals surface area contributed by atoms with Gasteiger partial charge in [-0.2, -0.15) is 15.5 Å². The van der Waals surface area contributed by atoms with Crippen molar-refractivity contribution in [1.29, 1.82) is 5.26 Å². The minimum atomic E-state index is -0.935. The van der Waals surface area contributed by atoms with Gasteiger partial charge in [0, 0.05) is 18.8 Å². The number of nitriles is 1. The third kappa shape index (κ3) is 13.0. The summed E-state index contributed by atoms with van der Waals surface area (Å²) in [6, 6.07) is 18.3. The molecule has 13 nitrogen and oxygen atoms in total. The van der Waals surface area contributed by atoms with Gasteiger partial charge in [0.25, 0.3) is 0 Å². The minimum Gasteiger partial charge on any atom is -0.481 e. The number of carbonyl (C=O) groups is 2. The van der Waals surface area contributed by atoms with E-state index in [0.717, 1.165) is 24.1 Å². The average Bonchev–Trinajstić information content (AvgIpc) is 3.49. The van der Waals surface area contributed by atoms with Crippen molar-refractivity contribution in [2.75, 3.05) is 70.9 Å². The lowest BCUT2D eigenvalue weighted by molar-refractivity contribution is -0.160. The SMILES string of the molecule is [C-]#[N+]c1c(N=Nc2ccc(N(CCOCCOCCOCCOCCOC(=O)C3CCCCC3C(=O)O)Cc3ccccc3)cc2C)sc(C#N)c1C. The lowest BCUT2D eigenvalue weighted by Crippen LogP contribution is -2.34. The fourth-order valence-corrected chi connectivity index (χ4v) is 6.77. The van der Waals surface area contributed by atoms with Crippen molar-refractivity contribution < 1.29 is 38.4 Å². The standard InChI is InChI=1S/C39H47N5O8S/c1-28-25-31(13-14-34(28)42-43-37-36(41-3)29(2)35(26-40)53-37)44(27-30-9-5-4-6-10-30)15-16-48-17-18-49-19-20-50-21-22-51-23-24-52-39(47)33-12-8-7-11-32(33)38(45)46/h4-6,9-10,13-14,25,32-33H,7-8,11-12,15-24,27H2,1-2H3,(H,45,46). The molecule has 1 N–H and O–H groups in total. The quantitative estimate of drug-likeness (QED) is 0.0468. The lowest BCUT2D eigenvalue weighted by Gasteiger charge is -2.26. The summed E-state index contributed by atoms with van der Waals surface area (Å²) in [5, 5.41) is 27.8. The summed E-state index contributed by atoms with van der Waals surface area (Å²) in [6.45, 7) is 15.8. The number of benzene rings is 2. The molecule has 1 aromatic heterocycles. The van der Waals surface area contributed by atoms with E-state index in [2.05, 4.69) is 44.2 Å². The van der Waals surface area contributed by atoms with Gasteiger partial charge in [-0.1, -0.05) is 43.2 Å². The average molecular weight is 746 g/mol. The Kier molecular flexibility index (Phi) is 17.3. The number of carbonyl (C=O) groups excluding carboxylic acids is 1. The van der Waals surface area contributed by atoms with E-state index >= 15 is 0 Å². The van der Waals surface area contributed by atoms with Crippen molar-refractivity contribution >= 4 is 45.3 Å². The first-order chi connectivity index (χ1) is 25.8. The molecule has 0 saturated heterocycles. The zero-order chi connectivity index (χ0) is 37.8. The molecule has 0 aliphatic heterocycles. The summed E-state index contributed by atoms with van der Waals surface area (Å²) in [5.41, 5.74) is 4.80. The number of hydrogen-bond donors (Lipinski definition) is 1. The Morgan fingerprint density at radius 2 is 1.53 bits per heavy atom. The highest BCUT2D eigenvalue weighted by atomic mass is 32.1. The number of esters is 1. The van der Waals surface area contributed by atoms with Gasteiger partial charge in [-0.15, -0.1) is 11.3 Å². The molecule has 3 aromatic rings. The second-order valence-electron chi connectivity index (χ2n) is 12.5. The molecule has 0 amide bonds. The summed E-state index contributed by atoms with van der Waals surface area (Å²) in [7, 11) is 0. The summed E-state index contributed by atoms with van der Waals surface area (Å²) in [6.07, 6.45) is 2.73. The number of azo groups is 1.